The molecule has 1 heterocycles. The fraction of sp³-hybridized carbons (Fsp3) is 0.192. The highest BCUT2D eigenvalue weighted by Gasteiger charge is 2.32. The van der Waals surface area contributed by atoms with Crippen LogP contribution in [-0.2, 0) is 32.9 Å². The van der Waals surface area contributed by atoms with Gasteiger partial charge in [0, 0.05) is 24.2 Å². The number of rotatable bonds is 8. The average molecular weight is 565 g/mol. The molecular formula is C26H23F3N2O5S2. The number of para-hydroxylation sites is 1. The summed E-state index contributed by atoms with van der Waals surface area (Å²) in [6.07, 6.45) is -3.19. The minimum absolute atomic E-state index is 0.0239. The number of fused-ring (bicyclic) bond motifs is 1. The van der Waals surface area contributed by atoms with Gasteiger partial charge in [-0.1, -0.05) is 36.4 Å². The van der Waals surface area contributed by atoms with Crippen LogP contribution in [0.4, 0.5) is 13.2 Å². The Kier molecular flexibility index (Phi) is 7.51. The van der Waals surface area contributed by atoms with Gasteiger partial charge in [-0.2, -0.15) is 25.9 Å². The highest BCUT2D eigenvalue weighted by molar-refractivity contribution is 7.89. The standard InChI is InChI=1S/C26H23F3N2O5S2/c1-18(2)31(37(32,33)24-10-3-6-20-7-5-15-30-25(20)24)17-19-11-13-22(14-12-19)36-38(34,35)23-9-4-8-21(16-23)26(27,28)29/h3-16,18H,17H2,1-2H3. The summed E-state index contributed by atoms with van der Waals surface area (Å²) in [4.78, 5) is 3.67. The van der Waals surface area contributed by atoms with Crippen molar-refractivity contribution in [3.8, 4) is 5.75 Å². The molecular weight excluding hydrogens is 541 g/mol. The smallest absolute Gasteiger partial charge is 0.379 e. The van der Waals surface area contributed by atoms with Crippen molar-refractivity contribution in [2.45, 2.75) is 42.4 Å². The molecule has 1 aromatic heterocycles. The normalized spacial score (nSPS) is 12.8. The molecule has 0 saturated carbocycles. The van der Waals surface area contributed by atoms with Gasteiger partial charge >= 0.3 is 16.3 Å². The van der Waals surface area contributed by atoms with Crippen LogP contribution in [0.5, 0.6) is 5.75 Å². The van der Waals surface area contributed by atoms with Gasteiger partial charge in [0.1, 0.15) is 15.5 Å². The number of pyridine rings is 1. The van der Waals surface area contributed by atoms with Crippen LogP contribution in [0.3, 0.4) is 0 Å². The first-order chi connectivity index (χ1) is 17.8. The van der Waals surface area contributed by atoms with E-state index in [1.165, 1.54) is 40.8 Å². The Morgan fingerprint density at radius 1 is 0.895 bits per heavy atom. The molecule has 0 spiro atoms. The van der Waals surface area contributed by atoms with Crippen molar-refractivity contribution >= 4 is 31.0 Å². The second-order valence-electron chi connectivity index (χ2n) is 8.68. The number of sulfonamides is 1. The first kappa shape index (κ1) is 27.6. The van der Waals surface area contributed by atoms with E-state index in [1.807, 2.05) is 0 Å². The van der Waals surface area contributed by atoms with E-state index in [9.17, 15) is 30.0 Å². The van der Waals surface area contributed by atoms with Crippen LogP contribution in [0.25, 0.3) is 10.9 Å². The van der Waals surface area contributed by atoms with Gasteiger partial charge in [-0.25, -0.2) is 8.42 Å². The summed E-state index contributed by atoms with van der Waals surface area (Å²) in [6.45, 7) is 3.44. The van der Waals surface area contributed by atoms with Crippen LogP contribution in [0, 0.1) is 0 Å². The summed E-state index contributed by atoms with van der Waals surface area (Å²) in [6, 6.07) is 16.8. The van der Waals surface area contributed by atoms with E-state index in [2.05, 4.69) is 4.98 Å². The fourth-order valence-corrected chi connectivity index (χ4v) is 6.56. The topological polar surface area (TPSA) is 93.6 Å². The lowest BCUT2D eigenvalue weighted by atomic mass is 10.2. The number of hydrogen-bond donors (Lipinski definition) is 0. The van der Waals surface area contributed by atoms with Crippen molar-refractivity contribution in [2.24, 2.45) is 0 Å². The second-order valence-corrected chi connectivity index (χ2v) is 12.1. The largest absolute Gasteiger partial charge is 0.416 e. The molecule has 38 heavy (non-hydrogen) atoms. The molecule has 0 fully saturated rings. The van der Waals surface area contributed by atoms with E-state index in [-0.39, 0.29) is 17.2 Å². The molecule has 4 aromatic rings. The van der Waals surface area contributed by atoms with Crippen molar-refractivity contribution < 1.29 is 34.2 Å². The lowest BCUT2D eigenvalue weighted by Gasteiger charge is -2.26. The Balaban J connectivity index is 1.57. The van der Waals surface area contributed by atoms with E-state index in [0.29, 0.717) is 22.5 Å². The molecule has 7 nitrogen and oxygen atoms in total. The summed E-state index contributed by atoms with van der Waals surface area (Å²) in [5, 5.41) is 0.681. The Labute approximate surface area is 218 Å². The average Bonchev–Trinajstić information content (AvgIpc) is 2.87. The highest BCUT2D eigenvalue weighted by atomic mass is 32.2. The van der Waals surface area contributed by atoms with Crippen molar-refractivity contribution in [1.82, 2.24) is 9.29 Å². The van der Waals surface area contributed by atoms with Crippen LogP contribution >= 0.6 is 0 Å². The fourth-order valence-electron chi connectivity index (χ4n) is 3.79. The lowest BCUT2D eigenvalue weighted by molar-refractivity contribution is -0.137. The predicted molar refractivity (Wildman–Crippen MR) is 135 cm³/mol. The highest BCUT2D eigenvalue weighted by Crippen LogP contribution is 2.31. The zero-order valence-corrected chi connectivity index (χ0v) is 21.9. The minimum atomic E-state index is -4.71. The number of benzene rings is 3. The SMILES string of the molecule is CC(C)N(Cc1ccc(OS(=O)(=O)c2cccc(C(F)(F)F)c2)cc1)S(=O)(=O)c1cccc2cccnc12. The van der Waals surface area contributed by atoms with Gasteiger partial charge in [-0.05, 0) is 61.9 Å². The van der Waals surface area contributed by atoms with Gasteiger partial charge in [0.15, 0.2) is 0 Å². The zero-order chi connectivity index (χ0) is 27.7. The molecule has 0 atom stereocenters. The quantitative estimate of drug-likeness (QED) is 0.258. The third-order valence-corrected chi connectivity index (χ3v) is 8.97. The summed E-state index contributed by atoms with van der Waals surface area (Å²) in [7, 11) is -8.50. The van der Waals surface area contributed by atoms with Crippen molar-refractivity contribution in [3.63, 3.8) is 0 Å². The zero-order valence-electron chi connectivity index (χ0n) is 20.3. The first-order valence-electron chi connectivity index (χ1n) is 11.4. The molecule has 0 unspecified atom stereocenters. The van der Waals surface area contributed by atoms with Crippen LogP contribution in [-0.4, -0.2) is 32.2 Å². The molecule has 0 aliphatic carbocycles. The molecule has 4 rings (SSSR count). The van der Waals surface area contributed by atoms with E-state index in [1.54, 1.807) is 38.1 Å². The number of alkyl halides is 3. The van der Waals surface area contributed by atoms with E-state index >= 15 is 0 Å². The molecule has 0 aliphatic rings. The Hall–Kier alpha value is -3.48. The number of aromatic nitrogens is 1. The van der Waals surface area contributed by atoms with Crippen LogP contribution < -0.4 is 4.18 Å². The van der Waals surface area contributed by atoms with Gasteiger partial charge in [-0.3, -0.25) is 4.98 Å². The third kappa shape index (κ3) is 5.82. The lowest BCUT2D eigenvalue weighted by Crippen LogP contribution is -2.36. The van der Waals surface area contributed by atoms with Gasteiger partial charge in [0.05, 0.1) is 11.1 Å². The number of halogens is 3. The summed E-state index contributed by atoms with van der Waals surface area (Å²) in [5.74, 6) is -0.136. The van der Waals surface area contributed by atoms with Crippen molar-refractivity contribution in [3.05, 3.63) is 96.2 Å². The molecule has 0 radical (unpaired) electrons. The molecule has 200 valence electrons. The number of hydrogen-bond acceptors (Lipinski definition) is 6. The van der Waals surface area contributed by atoms with E-state index in [0.717, 1.165) is 18.2 Å². The maximum Gasteiger partial charge on any atom is 0.416 e. The van der Waals surface area contributed by atoms with E-state index < -0.39 is 42.8 Å². The van der Waals surface area contributed by atoms with Crippen LogP contribution in [0.15, 0.2) is 94.9 Å². The van der Waals surface area contributed by atoms with Gasteiger partial charge in [0.25, 0.3) is 0 Å². The Bertz CT molecular complexity index is 1670. The molecule has 0 amide bonds. The summed E-state index contributed by atoms with van der Waals surface area (Å²) < 4.78 is 97.5. The van der Waals surface area contributed by atoms with Crippen molar-refractivity contribution in [2.75, 3.05) is 0 Å². The predicted octanol–water partition coefficient (Wildman–Crippen LogP) is 5.62. The van der Waals surface area contributed by atoms with Crippen LogP contribution in [0.2, 0.25) is 0 Å². The van der Waals surface area contributed by atoms with Gasteiger partial charge in [-0.15, -0.1) is 0 Å². The Morgan fingerprint density at radius 3 is 2.21 bits per heavy atom. The monoisotopic (exact) mass is 564 g/mol. The van der Waals surface area contributed by atoms with Gasteiger partial charge < -0.3 is 4.18 Å². The summed E-state index contributed by atoms with van der Waals surface area (Å²) >= 11 is 0. The maximum atomic E-state index is 13.6. The molecule has 3 aromatic carbocycles. The minimum Gasteiger partial charge on any atom is -0.379 e. The van der Waals surface area contributed by atoms with Crippen molar-refractivity contribution in [1.29, 1.82) is 0 Å². The molecule has 0 bridgehead atoms. The molecule has 12 heteroatoms. The summed E-state index contributed by atoms with van der Waals surface area (Å²) in [5.41, 5.74) is -0.225. The van der Waals surface area contributed by atoms with Gasteiger partial charge in [0.2, 0.25) is 10.0 Å². The second kappa shape index (κ2) is 10.4. The Morgan fingerprint density at radius 2 is 1.55 bits per heavy atom. The molecule has 0 saturated heterocycles. The first-order valence-corrected chi connectivity index (χ1v) is 14.2. The number of nitrogens with zero attached hydrogens (tertiary/aromatic N) is 2. The molecule has 0 aliphatic heterocycles. The maximum absolute atomic E-state index is 13.6. The van der Waals surface area contributed by atoms with Crippen LogP contribution in [0.1, 0.15) is 25.0 Å². The third-order valence-electron chi connectivity index (χ3n) is 5.68. The van der Waals surface area contributed by atoms with E-state index in [4.69, 9.17) is 4.18 Å². The molecule has 0 N–H and O–H groups in total.